The van der Waals surface area contributed by atoms with Gasteiger partial charge in [0.05, 0.1) is 25.2 Å². The molecule has 0 aromatic heterocycles. The van der Waals surface area contributed by atoms with Crippen molar-refractivity contribution in [3.63, 3.8) is 0 Å². The maximum atomic E-state index is 12.8. The predicted molar refractivity (Wildman–Crippen MR) is 119 cm³/mol. The normalized spacial score (nSPS) is 18.4. The first-order valence-electron chi connectivity index (χ1n) is 10.3. The fraction of sp³-hybridized carbons (Fsp3) is 0.333. The summed E-state index contributed by atoms with van der Waals surface area (Å²) in [5.74, 6) is -3.51. The van der Waals surface area contributed by atoms with Crippen LogP contribution in [0.3, 0.4) is 0 Å². The fourth-order valence-corrected chi connectivity index (χ4v) is 4.44. The van der Waals surface area contributed by atoms with E-state index in [2.05, 4.69) is 5.32 Å². The highest BCUT2D eigenvalue weighted by Crippen LogP contribution is 2.36. The van der Waals surface area contributed by atoms with Gasteiger partial charge in [0, 0.05) is 10.9 Å². The molecule has 32 heavy (non-hydrogen) atoms. The zero-order valence-electron chi connectivity index (χ0n) is 17.8. The van der Waals surface area contributed by atoms with E-state index < -0.39 is 17.6 Å². The minimum atomic E-state index is -2.62. The van der Waals surface area contributed by atoms with Crippen molar-refractivity contribution >= 4 is 23.6 Å². The Morgan fingerprint density at radius 2 is 1.94 bits per heavy atom. The average Bonchev–Trinajstić information content (AvgIpc) is 3.22. The lowest BCUT2D eigenvalue weighted by Gasteiger charge is -2.23. The second kappa shape index (κ2) is 11.1. The molecule has 170 valence electrons. The zero-order chi connectivity index (χ0) is 23.1. The van der Waals surface area contributed by atoms with Crippen LogP contribution >= 0.6 is 11.8 Å². The summed E-state index contributed by atoms with van der Waals surface area (Å²) < 4.78 is 36.3. The quantitative estimate of drug-likeness (QED) is 0.322. The highest BCUT2D eigenvalue weighted by Gasteiger charge is 2.34. The highest BCUT2D eigenvalue weighted by atomic mass is 32.2. The maximum absolute atomic E-state index is 12.8. The van der Waals surface area contributed by atoms with Gasteiger partial charge in [-0.2, -0.15) is 8.78 Å². The first-order valence-corrected chi connectivity index (χ1v) is 11.1. The highest BCUT2D eigenvalue weighted by molar-refractivity contribution is 7.99. The Morgan fingerprint density at radius 1 is 1.16 bits per heavy atom. The molecule has 5 nitrogen and oxygen atoms in total. The van der Waals surface area contributed by atoms with E-state index in [0.29, 0.717) is 23.9 Å². The second-order valence-corrected chi connectivity index (χ2v) is 8.28. The van der Waals surface area contributed by atoms with E-state index in [1.54, 1.807) is 38.3 Å². The molecule has 0 heterocycles. The Kier molecular flexibility index (Phi) is 8.27. The zero-order valence-corrected chi connectivity index (χ0v) is 18.6. The number of hydrogen-bond acceptors (Lipinski definition) is 5. The molecule has 2 aromatic rings. The number of rotatable bonds is 9. The monoisotopic (exact) mass is 461 g/mol. The largest absolute Gasteiger partial charge is 0.497 e. The number of esters is 1. The SMILES string of the molecule is CCOC(=O)[C@H](c1cccc(OC)c1)[C@@H]1C=C[C@@H](NC(=O)c2ccccc2SC(F)F)C1. The van der Waals surface area contributed by atoms with Crippen molar-refractivity contribution in [2.75, 3.05) is 13.7 Å². The van der Waals surface area contributed by atoms with E-state index in [4.69, 9.17) is 9.47 Å². The molecule has 0 saturated heterocycles. The number of amides is 1. The van der Waals surface area contributed by atoms with Crippen molar-refractivity contribution in [3.8, 4) is 5.75 Å². The lowest BCUT2D eigenvalue weighted by Crippen LogP contribution is -2.34. The summed E-state index contributed by atoms with van der Waals surface area (Å²) in [5, 5.41) is 2.88. The third kappa shape index (κ3) is 5.88. The van der Waals surface area contributed by atoms with Crippen LogP contribution < -0.4 is 10.1 Å². The van der Waals surface area contributed by atoms with Gasteiger partial charge in [-0.05, 0) is 49.1 Å². The molecule has 1 aliphatic carbocycles. The molecule has 1 amide bonds. The lowest BCUT2D eigenvalue weighted by atomic mass is 9.85. The number of carbonyl (C=O) groups is 2. The molecule has 0 bridgehead atoms. The van der Waals surface area contributed by atoms with Crippen molar-refractivity contribution in [2.45, 2.75) is 36.0 Å². The molecule has 1 aliphatic rings. The second-order valence-electron chi connectivity index (χ2n) is 7.25. The number of benzene rings is 2. The molecule has 3 atom stereocenters. The Balaban J connectivity index is 1.74. The summed E-state index contributed by atoms with van der Waals surface area (Å²) in [6.07, 6.45) is 4.21. The van der Waals surface area contributed by atoms with Crippen molar-refractivity contribution in [1.82, 2.24) is 5.32 Å². The Labute approximate surface area is 190 Å². The fourth-order valence-electron chi connectivity index (χ4n) is 3.81. The van der Waals surface area contributed by atoms with Crippen LogP contribution in [0.25, 0.3) is 0 Å². The third-order valence-electron chi connectivity index (χ3n) is 5.20. The van der Waals surface area contributed by atoms with Crippen LogP contribution in [0.15, 0.2) is 65.6 Å². The van der Waals surface area contributed by atoms with Gasteiger partial charge in [-0.25, -0.2) is 0 Å². The molecule has 0 saturated carbocycles. The number of allylic oxidation sites excluding steroid dienone is 1. The Hall–Kier alpha value is -2.87. The molecule has 0 aliphatic heterocycles. The molecule has 8 heteroatoms. The van der Waals surface area contributed by atoms with Crippen LogP contribution in [0.4, 0.5) is 8.78 Å². The smallest absolute Gasteiger partial charge is 0.314 e. The van der Waals surface area contributed by atoms with Crippen molar-refractivity contribution in [1.29, 1.82) is 0 Å². The molecule has 0 radical (unpaired) electrons. The van der Waals surface area contributed by atoms with Gasteiger partial charge in [0.15, 0.2) is 0 Å². The number of methoxy groups -OCH3 is 1. The van der Waals surface area contributed by atoms with Crippen LogP contribution in [0.5, 0.6) is 5.75 Å². The number of alkyl halides is 2. The number of carbonyl (C=O) groups excluding carboxylic acids is 2. The summed E-state index contributed by atoms with van der Waals surface area (Å²) in [5.41, 5.74) is 0.965. The van der Waals surface area contributed by atoms with E-state index in [9.17, 15) is 18.4 Å². The standard InChI is InChI=1S/C24H25F2NO4S/c1-3-31-23(29)21(15-7-6-8-18(14-15)30-2)16-11-12-17(13-16)27-22(28)19-9-4-5-10-20(19)32-24(25)26/h4-12,14,16-17,21,24H,3,13H2,1-2H3,(H,27,28)/t16-,17-,21-/m1/s1. The van der Waals surface area contributed by atoms with E-state index in [1.165, 1.54) is 12.1 Å². The lowest BCUT2D eigenvalue weighted by molar-refractivity contribution is -0.146. The molecule has 0 fully saturated rings. The van der Waals surface area contributed by atoms with Gasteiger partial charge in [-0.3, -0.25) is 9.59 Å². The molecular weight excluding hydrogens is 436 g/mol. The summed E-state index contributed by atoms with van der Waals surface area (Å²) in [6.45, 7) is 2.01. The number of hydrogen-bond donors (Lipinski definition) is 1. The van der Waals surface area contributed by atoms with Crippen LogP contribution in [-0.2, 0) is 9.53 Å². The van der Waals surface area contributed by atoms with Gasteiger partial charge in [0.25, 0.3) is 11.7 Å². The molecule has 3 rings (SSSR count). The van der Waals surface area contributed by atoms with Crippen LogP contribution in [0.2, 0.25) is 0 Å². The summed E-state index contributed by atoms with van der Waals surface area (Å²) in [6, 6.07) is 13.2. The van der Waals surface area contributed by atoms with Gasteiger partial charge >= 0.3 is 5.97 Å². The molecular formula is C24H25F2NO4S. The summed E-state index contributed by atoms with van der Waals surface area (Å²) in [4.78, 5) is 25.7. The number of ether oxygens (including phenoxy) is 2. The molecule has 0 spiro atoms. The average molecular weight is 462 g/mol. The maximum Gasteiger partial charge on any atom is 0.314 e. The molecule has 0 unspecified atom stereocenters. The number of thioether (sulfide) groups is 1. The summed E-state index contributed by atoms with van der Waals surface area (Å²) in [7, 11) is 1.56. The Morgan fingerprint density at radius 3 is 2.66 bits per heavy atom. The summed E-state index contributed by atoms with van der Waals surface area (Å²) >= 11 is 0.342. The number of halogens is 2. The topological polar surface area (TPSA) is 64.6 Å². The van der Waals surface area contributed by atoms with E-state index in [1.807, 2.05) is 24.3 Å². The first kappa shape index (κ1) is 23.8. The molecule has 1 N–H and O–H groups in total. The minimum Gasteiger partial charge on any atom is -0.497 e. The van der Waals surface area contributed by atoms with Crippen molar-refractivity contribution < 1.29 is 27.8 Å². The van der Waals surface area contributed by atoms with Gasteiger partial charge in [-0.15, -0.1) is 0 Å². The third-order valence-corrected chi connectivity index (χ3v) is 5.99. The van der Waals surface area contributed by atoms with Crippen molar-refractivity contribution in [3.05, 3.63) is 71.8 Å². The van der Waals surface area contributed by atoms with Gasteiger partial charge in [0.2, 0.25) is 0 Å². The van der Waals surface area contributed by atoms with Crippen LogP contribution in [-0.4, -0.2) is 37.4 Å². The van der Waals surface area contributed by atoms with Gasteiger partial charge in [-0.1, -0.05) is 48.2 Å². The Bertz CT molecular complexity index is 982. The van der Waals surface area contributed by atoms with E-state index in [-0.39, 0.29) is 35.0 Å². The number of nitrogens with one attached hydrogen (secondary N) is 1. The first-order chi connectivity index (χ1) is 15.4. The van der Waals surface area contributed by atoms with Crippen molar-refractivity contribution in [2.24, 2.45) is 5.92 Å². The minimum absolute atomic E-state index is 0.197. The predicted octanol–water partition coefficient (Wildman–Crippen LogP) is 5.03. The van der Waals surface area contributed by atoms with E-state index in [0.717, 1.165) is 5.56 Å². The van der Waals surface area contributed by atoms with Crippen LogP contribution in [0, 0.1) is 5.92 Å². The molecule has 2 aromatic carbocycles. The van der Waals surface area contributed by atoms with Crippen LogP contribution in [0.1, 0.15) is 35.2 Å². The van der Waals surface area contributed by atoms with E-state index >= 15 is 0 Å². The van der Waals surface area contributed by atoms with Gasteiger partial charge < -0.3 is 14.8 Å². The van der Waals surface area contributed by atoms with Gasteiger partial charge in [0.1, 0.15) is 5.75 Å².